The van der Waals surface area contributed by atoms with Crippen LogP contribution in [0.3, 0.4) is 0 Å². The van der Waals surface area contributed by atoms with Gasteiger partial charge in [0.15, 0.2) is 0 Å². The third-order valence-corrected chi connectivity index (χ3v) is 3.88. The van der Waals surface area contributed by atoms with Gasteiger partial charge in [-0.05, 0) is 62.1 Å². The fraction of sp³-hybridized carbons (Fsp3) is 0.333. The van der Waals surface area contributed by atoms with E-state index in [2.05, 4.69) is 29.9 Å². The van der Waals surface area contributed by atoms with Gasteiger partial charge in [-0.3, -0.25) is 20.4 Å². The van der Waals surface area contributed by atoms with Crippen molar-refractivity contribution in [2.24, 2.45) is 0 Å². The van der Waals surface area contributed by atoms with Crippen LogP contribution in [0.1, 0.15) is 48.7 Å². The first-order valence-corrected chi connectivity index (χ1v) is 8.91. The van der Waals surface area contributed by atoms with Crippen LogP contribution in [0.25, 0.3) is 0 Å². The molecule has 0 unspecified atom stereocenters. The number of rotatable bonds is 7. The molecule has 0 saturated heterocycles. The molecule has 5 nitrogen and oxygen atoms in total. The molecule has 0 aliphatic rings. The van der Waals surface area contributed by atoms with Crippen LogP contribution in [0.5, 0.6) is 5.75 Å². The zero-order chi connectivity index (χ0) is 18.9. The Morgan fingerprint density at radius 2 is 1.54 bits per heavy atom. The zero-order valence-electron chi connectivity index (χ0n) is 15.5. The van der Waals surface area contributed by atoms with Crippen LogP contribution >= 0.6 is 0 Å². The second-order valence-corrected chi connectivity index (χ2v) is 6.36. The van der Waals surface area contributed by atoms with Gasteiger partial charge in [0.2, 0.25) is 5.91 Å². The number of aryl methyl sites for hydroxylation is 2. The summed E-state index contributed by atoms with van der Waals surface area (Å²) < 4.78 is 5.53. The Morgan fingerprint density at radius 3 is 2.12 bits per heavy atom. The third kappa shape index (κ3) is 6.24. The largest absolute Gasteiger partial charge is 0.491 e. The third-order valence-electron chi connectivity index (χ3n) is 3.88. The number of hydrazine groups is 1. The highest BCUT2D eigenvalue weighted by molar-refractivity contribution is 5.95. The van der Waals surface area contributed by atoms with E-state index in [1.54, 1.807) is 24.3 Å². The van der Waals surface area contributed by atoms with E-state index in [4.69, 9.17) is 4.74 Å². The summed E-state index contributed by atoms with van der Waals surface area (Å²) in [6, 6.07) is 15.0. The summed E-state index contributed by atoms with van der Waals surface area (Å²) >= 11 is 0. The van der Waals surface area contributed by atoms with Crippen LogP contribution in [0.4, 0.5) is 0 Å². The quantitative estimate of drug-likeness (QED) is 0.749. The number of ether oxygens (including phenoxy) is 1. The Hall–Kier alpha value is -2.82. The van der Waals surface area contributed by atoms with Gasteiger partial charge in [0, 0.05) is 12.0 Å². The normalized spacial score (nSPS) is 10.5. The van der Waals surface area contributed by atoms with Crippen LogP contribution in [0.15, 0.2) is 48.5 Å². The van der Waals surface area contributed by atoms with Crippen molar-refractivity contribution in [1.29, 1.82) is 0 Å². The van der Waals surface area contributed by atoms with E-state index >= 15 is 0 Å². The van der Waals surface area contributed by atoms with Crippen LogP contribution < -0.4 is 15.6 Å². The van der Waals surface area contributed by atoms with Gasteiger partial charge >= 0.3 is 0 Å². The molecule has 0 aliphatic carbocycles. The van der Waals surface area contributed by atoms with Crippen LogP contribution in [-0.4, -0.2) is 17.9 Å². The van der Waals surface area contributed by atoms with E-state index in [9.17, 15) is 9.59 Å². The van der Waals surface area contributed by atoms with Gasteiger partial charge < -0.3 is 4.74 Å². The number of carbonyl (C=O) groups is 2. The Kier molecular flexibility index (Phi) is 7.21. The van der Waals surface area contributed by atoms with Gasteiger partial charge in [-0.15, -0.1) is 0 Å². The Bertz CT molecular complexity index is 722. The van der Waals surface area contributed by atoms with Crippen molar-refractivity contribution in [2.75, 3.05) is 0 Å². The van der Waals surface area contributed by atoms with Crippen molar-refractivity contribution in [3.63, 3.8) is 0 Å². The first kappa shape index (κ1) is 19.5. The van der Waals surface area contributed by atoms with Crippen molar-refractivity contribution in [1.82, 2.24) is 10.9 Å². The number of carbonyl (C=O) groups excluding carboxylic acids is 2. The minimum absolute atomic E-state index is 0.0761. The lowest BCUT2D eigenvalue weighted by Crippen LogP contribution is -2.41. The molecule has 26 heavy (non-hydrogen) atoms. The summed E-state index contributed by atoms with van der Waals surface area (Å²) in [5.74, 6) is 0.120. The summed E-state index contributed by atoms with van der Waals surface area (Å²) in [5, 5.41) is 0. The molecule has 0 atom stereocenters. The predicted molar refractivity (Wildman–Crippen MR) is 102 cm³/mol. The van der Waals surface area contributed by atoms with Crippen LogP contribution in [0.2, 0.25) is 0 Å². The monoisotopic (exact) mass is 354 g/mol. The topological polar surface area (TPSA) is 67.4 Å². The number of benzene rings is 2. The fourth-order valence-corrected chi connectivity index (χ4v) is 2.42. The lowest BCUT2D eigenvalue weighted by molar-refractivity contribution is -0.121. The van der Waals surface area contributed by atoms with Gasteiger partial charge in [0.05, 0.1) is 6.10 Å². The number of nitrogens with one attached hydrogen (secondary N) is 2. The SMILES string of the molecule is CCc1ccc(CCC(=O)NNC(=O)c2ccc(OC(C)C)cc2)cc1. The van der Waals surface area contributed by atoms with Gasteiger partial charge in [0.1, 0.15) is 5.75 Å². The molecule has 0 spiro atoms. The number of hydrogen-bond donors (Lipinski definition) is 2. The Balaban J connectivity index is 1.76. The molecule has 2 N–H and O–H groups in total. The molecule has 0 aliphatic heterocycles. The summed E-state index contributed by atoms with van der Waals surface area (Å²) in [5.41, 5.74) is 7.71. The molecule has 2 rings (SSSR count). The average Bonchev–Trinajstić information content (AvgIpc) is 2.65. The molecule has 0 heterocycles. The molecular formula is C21H26N2O3. The molecular weight excluding hydrogens is 328 g/mol. The van der Waals surface area contributed by atoms with Crippen LogP contribution in [-0.2, 0) is 17.6 Å². The van der Waals surface area contributed by atoms with E-state index in [1.165, 1.54) is 5.56 Å². The van der Waals surface area contributed by atoms with E-state index < -0.39 is 0 Å². The predicted octanol–water partition coefficient (Wildman–Crippen LogP) is 3.43. The zero-order valence-corrected chi connectivity index (χ0v) is 15.5. The fourth-order valence-electron chi connectivity index (χ4n) is 2.42. The maximum absolute atomic E-state index is 12.1. The lowest BCUT2D eigenvalue weighted by Gasteiger charge is -2.11. The number of hydrogen-bond acceptors (Lipinski definition) is 3. The van der Waals surface area contributed by atoms with Gasteiger partial charge in [-0.25, -0.2) is 0 Å². The van der Waals surface area contributed by atoms with Gasteiger partial charge in [-0.2, -0.15) is 0 Å². The second kappa shape index (κ2) is 9.61. The summed E-state index contributed by atoms with van der Waals surface area (Å²) in [4.78, 5) is 24.0. The van der Waals surface area contributed by atoms with Crippen molar-refractivity contribution in [2.45, 2.75) is 46.1 Å². The Morgan fingerprint density at radius 1 is 0.923 bits per heavy atom. The van der Waals surface area contributed by atoms with E-state index in [-0.39, 0.29) is 17.9 Å². The molecule has 0 radical (unpaired) electrons. The summed E-state index contributed by atoms with van der Waals surface area (Å²) in [6.07, 6.45) is 2.02. The molecule has 0 bridgehead atoms. The van der Waals surface area contributed by atoms with E-state index in [0.717, 1.165) is 12.0 Å². The highest BCUT2D eigenvalue weighted by Gasteiger charge is 2.08. The molecule has 138 valence electrons. The number of amides is 2. The first-order chi connectivity index (χ1) is 12.5. The molecule has 0 aromatic heterocycles. The molecule has 0 saturated carbocycles. The Labute approximate surface area is 154 Å². The van der Waals surface area contributed by atoms with Crippen molar-refractivity contribution in [3.8, 4) is 5.75 Å². The molecule has 2 amide bonds. The standard InChI is InChI=1S/C21H26N2O3/c1-4-16-5-7-17(8-6-16)9-14-20(24)22-23-21(25)18-10-12-19(13-11-18)26-15(2)3/h5-8,10-13,15H,4,9,14H2,1-3H3,(H,22,24)(H,23,25). The lowest BCUT2D eigenvalue weighted by atomic mass is 10.1. The van der Waals surface area contributed by atoms with Crippen molar-refractivity contribution in [3.05, 3.63) is 65.2 Å². The molecule has 5 heteroatoms. The molecule has 0 fully saturated rings. The van der Waals surface area contributed by atoms with E-state index in [0.29, 0.717) is 24.2 Å². The summed E-state index contributed by atoms with van der Waals surface area (Å²) in [7, 11) is 0. The first-order valence-electron chi connectivity index (χ1n) is 8.91. The molecule has 2 aromatic rings. The maximum Gasteiger partial charge on any atom is 0.269 e. The van der Waals surface area contributed by atoms with E-state index in [1.807, 2.05) is 26.0 Å². The minimum atomic E-state index is -0.359. The second-order valence-electron chi connectivity index (χ2n) is 6.36. The minimum Gasteiger partial charge on any atom is -0.491 e. The highest BCUT2D eigenvalue weighted by Crippen LogP contribution is 2.13. The average molecular weight is 354 g/mol. The smallest absolute Gasteiger partial charge is 0.269 e. The van der Waals surface area contributed by atoms with Gasteiger partial charge in [-0.1, -0.05) is 31.2 Å². The summed E-state index contributed by atoms with van der Waals surface area (Å²) in [6.45, 7) is 5.98. The van der Waals surface area contributed by atoms with Crippen LogP contribution in [0, 0.1) is 0 Å². The van der Waals surface area contributed by atoms with Crippen molar-refractivity contribution >= 4 is 11.8 Å². The van der Waals surface area contributed by atoms with Gasteiger partial charge in [0.25, 0.3) is 5.91 Å². The highest BCUT2D eigenvalue weighted by atomic mass is 16.5. The maximum atomic E-state index is 12.1. The van der Waals surface area contributed by atoms with Crippen molar-refractivity contribution < 1.29 is 14.3 Å². The molecule has 2 aromatic carbocycles.